The van der Waals surface area contributed by atoms with Gasteiger partial charge in [0.05, 0.1) is 6.61 Å². The van der Waals surface area contributed by atoms with E-state index in [0.29, 0.717) is 6.04 Å². The molecule has 1 aromatic rings. The van der Waals surface area contributed by atoms with E-state index in [9.17, 15) is 0 Å². The first-order chi connectivity index (χ1) is 10.0. The summed E-state index contributed by atoms with van der Waals surface area (Å²) in [6.07, 6.45) is 6.80. The zero-order valence-corrected chi connectivity index (χ0v) is 14.6. The zero-order chi connectivity index (χ0) is 15.8. The van der Waals surface area contributed by atoms with Crippen molar-refractivity contribution >= 4 is 0 Å². The fraction of sp³-hybridized carbons (Fsp3) is 0.684. The van der Waals surface area contributed by atoms with Crippen LogP contribution in [-0.4, -0.2) is 12.6 Å². The highest BCUT2D eigenvalue weighted by molar-refractivity contribution is 5.48. The second-order valence-corrected chi connectivity index (χ2v) is 6.21. The van der Waals surface area contributed by atoms with Crippen LogP contribution in [0.5, 0.6) is 5.75 Å². The van der Waals surface area contributed by atoms with Gasteiger partial charge in [0.1, 0.15) is 5.75 Å². The quantitative estimate of drug-likeness (QED) is 0.706. The predicted octanol–water partition coefficient (Wildman–Crippen LogP) is 4.85. The molecule has 0 saturated carbocycles. The van der Waals surface area contributed by atoms with Crippen molar-refractivity contribution in [1.82, 2.24) is 0 Å². The number of hydrogen-bond donors (Lipinski definition) is 1. The summed E-state index contributed by atoms with van der Waals surface area (Å²) in [5, 5.41) is 0. The Morgan fingerprint density at radius 2 is 1.76 bits per heavy atom. The third-order valence-corrected chi connectivity index (χ3v) is 4.33. The van der Waals surface area contributed by atoms with Gasteiger partial charge in [-0.1, -0.05) is 20.3 Å². The lowest BCUT2D eigenvalue weighted by atomic mass is 9.92. The van der Waals surface area contributed by atoms with Gasteiger partial charge in [0.15, 0.2) is 0 Å². The summed E-state index contributed by atoms with van der Waals surface area (Å²) in [5.74, 6) is 1.05. The fourth-order valence-corrected chi connectivity index (χ4v) is 2.90. The van der Waals surface area contributed by atoms with E-state index in [1.807, 2.05) is 0 Å². The molecule has 1 rings (SSSR count). The monoisotopic (exact) mass is 291 g/mol. The van der Waals surface area contributed by atoms with Gasteiger partial charge in [-0.25, -0.2) is 0 Å². The molecule has 2 nitrogen and oxygen atoms in total. The minimum absolute atomic E-state index is 0.365. The maximum Gasteiger partial charge on any atom is 0.122 e. The molecule has 1 aromatic carbocycles. The predicted molar refractivity (Wildman–Crippen MR) is 92.3 cm³/mol. The fourth-order valence-electron chi connectivity index (χ4n) is 2.90. The molecule has 0 amide bonds. The van der Waals surface area contributed by atoms with Crippen LogP contribution >= 0.6 is 0 Å². The molecule has 0 aliphatic carbocycles. The summed E-state index contributed by atoms with van der Waals surface area (Å²) in [7, 11) is 0. The van der Waals surface area contributed by atoms with Gasteiger partial charge in [-0.2, -0.15) is 0 Å². The van der Waals surface area contributed by atoms with Crippen LogP contribution in [0, 0.1) is 20.8 Å². The molecule has 0 heterocycles. The minimum atomic E-state index is 0.365. The number of hydrogen-bond acceptors (Lipinski definition) is 2. The Balaban J connectivity index is 2.72. The highest BCUT2D eigenvalue weighted by Gasteiger charge is 2.11. The van der Waals surface area contributed by atoms with Gasteiger partial charge in [0, 0.05) is 6.04 Å². The third-order valence-electron chi connectivity index (χ3n) is 4.33. The Morgan fingerprint density at radius 3 is 2.38 bits per heavy atom. The third kappa shape index (κ3) is 5.35. The van der Waals surface area contributed by atoms with Gasteiger partial charge < -0.3 is 10.5 Å². The highest BCUT2D eigenvalue weighted by Crippen LogP contribution is 2.29. The van der Waals surface area contributed by atoms with Crippen molar-refractivity contribution in [3.63, 3.8) is 0 Å². The molecule has 0 fully saturated rings. The molecule has 1 unspecified atom stereocenters. The van der Waals surface area contributed by atoms with E-state index < -0.39 is 0 Å². The van der Waals surface area contributed by atoms with Crippen LogP contribution in [0.4, 0.5) is 0 Å². The van der Waals surface area contributed by atoms with Gasteiger partial charge >= 0.3 is 0 Å². The highest BCUT2D eigenvalue weighted by atomic mass is 16.5. The summed E-state index contributed by atoms with van der Waals surface area (Å²) >= 11 is 0. The van der Waals surface area contributed by atoms with Crippen molar-refractivity contribution < 1.29 is 4.74 Å². The summed E-state index contributed by atoms with van der Waals surface area (Å²) in [4.78, 5) is 0. The van der Waals surface area contributed by atoms with Gasteiger partial charge in [-0.3, -0.25) is 0 Å². The molecule has 2 N–H and O–H groups in total. The van der Waals surface area contributed by atoms with Crippen molar-refractivity contribution in [3.05, 3.63) is 28.3 Å². The zero-order valence-electron chi connectivity index (χ0n) is 14.6. The first-order valence-electron chi connectivity index (χ1n) is 8.49. The molecule has 1 atom stereocenters. The maximum atomic E-state index is 6.11. The van der Waals surface area contributed by atoms with Crippen LogP contribution in [0.15, 0.2) is 6.07 Å². The van der Waals surface area contributed by atoms with E-state index in [1.54, 1.807) is 0 Å². The Labute approximate surface area is 131 Å². The molecule has 0 aliphatic heterocycles. The normalized spacial score (nSPS) is 12.5. The number of benzene rings is 1. The molecule has 0 bridgehead atoms. The second-order valence-electron chi connectivity index (χ2n) is 6.21. The molecule has 0 radical (unpaired) electrons. The van der Waals surface area contributed by atoms with E-state index >= 15 is 0 Å². The topological polar surface area (TPSA) is 35.2 Å². The summed E-state index contributed by atoms with van der Waals surface area (Å²) in [5.41, 5.74) is 11.6. The molecule has 0 spiro atoms. The van der Waals surface area contributed by atoms with Crippen molar-refractivity contribution in [2.75, 3.05) is 6.61 Å². The average molecular weight is 291 g/mol. The molecule has 120 valence electrons. The first-order valence-corrected chi connectivity index (χ1v) is 8.49. The number of aryl methyl sites for hydroxylation is 1. The molecule has 0 aliphatic rings. The summed E-state index contributed by atoms with van der Waals surface area (Å²) in [6.45, 7) is 11.7. The van der Waals surface area contributed by atoms with Gasteiger partial charge in [0.25, 0.3) is 0 Å². The van der Waals surface area contributed by atoms with Crippen molar-refractivity contribution in [2.45, 2.75) is 79.2 Å². The van der Waals surface area contributed by atoms with E-state index in [-0.39, 0.29) is 0 Å². The average Bonchev–Trinajstić information content (AvgIpc) is 2.45. The Bertz CT molecular complexity index is 440. The SMILES string of the molecule is CCCOc1cc(C)c(CCCC(N)CCC)c(C)c1C. The second kappa shape index (κ2) is 9.09. The Morgan fingerprint density at radius 1 is 1.05 bits per heavy atom. The lowest BCUT2D eigenvalue weighted by Gasteiger charge is -2.18. The smallest absolute Gasteiger partial charge is 0.122 e. The molecule has 2 heteroatoms. The van der Waals surface area contributed by atoms with Gasteiger partial charge in [-0.15, -0.1) is 0 Å². The van der Waals surface area contributed by atoms with Crippen LogP contribution in [0.3, 0.4) is 0 Å². The van der Waals surface area contributed by atoms with Crippen molar-refractivity contribution in [2.24, 2.45) is 5.73 Å². The molecule has 0 saturated heterocycles. The lowest BCUT2D eigenvalue weighted by molar-refractivity contribution is 0.314. The van der Waals surface area contributed by atoms with Crippen LogP contribution in [0.1, 0.15) is 68.2 Å². The summed E-state index contributed by atoms with van der Waals surface area (Å²) in [6, 6.07) is 2.57. The van der Waals surface area contributed by atoms with Crippen LogP contribution in [-0.2, 0) is 6.42 Å². The molecule has 21 heavy (non-hydrogen) atoms. The van der Waals surface area contributed by atoms with Crippen LogP contribution < -0.4 is 10.5 Å². The van der Waals surface area contributed by atoms with E-state index in [0.717, 1.165) is 38.0 Å². The standard InChI is InChI=1S/C19H33NO/c1-6-9-17(20)10-8-11-18-14(3)13-19(21-12-7-2)16(5)15(18)4/h13,17H,6-12,20H2,1-5H3. The van der Waals surface area contributed by atoms with Crippen LogP contribution in [0.25, 0.3) is 0 Å². The summed E-state index contributed by atoms with van der Waals surface area (Å²) < 4.78 is 5.86. The lowest BCUT2D eigenvalue weighted by Crippen LogP contribution is -2.19. The van der Waals surface area contributed by atoms with E-state index in [1.165, 1.54) is 35.1 Å². The number of rotatable bonds is 9. The molecular formula is C19H33NO. The minimum Gasteiger partial charge on any atom is -0.493 e. The van der Waals surface area contributed by atoms with E-state index in [2.05, 4.69) is 40.7 Å². The molecular weight excluding hydrogens is 258 g/mol. The van der Waals surface area contributed by atoms with Crippen molar-refractivity contribution in [3.8, 4) is 5.75 Å². The van der Waals surface area contributed by atoms with E-state index in [4.69, 9.17) is 10.5 Å². The maximum absolute atomic E-state index is 6.11. The van der Waals surface area contributed by atoms with Crippen LogP contribution in [0.2, 0.25) is 0 Å². The van der Waals surface area contributed by atoms with Gasteiger partial charge in [0.2, 0.25) is 0 Å². The van der Waals surface area contributed by atoms with Crippen molar-refractivity contribution in [1.29, 1.82) is 0 Å². The largest absolute Gasteiger partial charge is 0.493 e. The number of nitrogens with two attached hydrogens (primary N) is 1. The first kappa shape index (κ1) is 18.0. The Hall–Kier alpha value is -1.02. The Kier molecular flexibility index (Phi) is 7.81. The molecule has 0 aromatic heterocycles. The number of ether oxygens (including phenoxy) is 1. The van der Waals surface area contributed by atoms with Gasteiger partial charge in [-0.05, 0) is 81.2 Å².